The molecule has 0 aliphatic rings. The van der Waals surface area contributed by atoms with E-state index in [4.69, 9.17) is 4.74 Å². The first kappa shape index (κ1) is 14.8. The largest absolute Gasteiger partial charge is 0.497 e. The highest BCUT2D eigenvalue weighted by molar-refractivity contribution is 7.99. The second kappa shape index (κ2) is 7.22. The van der Waals surface area contributed by atoms with E-state index in [1.54, 1.807) is 7.11 Å². The summed E-state index contributed by atoms with van der Waals surface area (Å²) in [4.78, 5) is 1.28. The molecule has 0 radical (unpaired) electrons. The standard InChI is InChI=1S/C14H22OS2/c1-4-14(5-2,10-16)11-17-13-8-6-7-12(9-13)15-3/h6-9,16H,4-5,10-11H2,1-3H3. The third-order valence-electron chi connectivity index (χ3n) is 3.42. The van der Waals surface area contributed by atoms with Gasteiger partial charge in [-0.15, -0.1) is 11.8 Å². The molecule has 0 fully saturated rings. The minimum atomic E-state index is 0.358. The Bertz CT molecular complexity index is 326. The second-order valence-electron chi connectivity index (χ2n) is 4.33. The van der Waals surface area contributed by atoms with Gasteiger partial charge in [0.15, 0.2) is 0 Å². The Kier molecular flexibility index (Phi) is 6.28. The van der Waals surface area contributed by atoms with Crippen molar-refractivity contribution in [2.75, 3.05) is 18.6 Å². The number of hydrogen-bond acceptors (Lipinski definition) is 3. The lowest BCUT2D eigenvalue weighted by molar-refractivity contribution is 0.357. The Morgan fingerprint density at radius 1 is 1.29 bits per heavy atom. The molecule has 0 unspecified atom stereocenters. The molecule has 0 spiro atoms. The van der Waals surface area contributed by atoms with Gasteiger partial charge < -0.3 is 4.74 Å². The molecule has 1 aromatic carbocycles. The van der Waals surface area contributed by atoms with Gasteiger partial charge in [-0.25, -0.2) is 0 Å². The molecule has 0 saturated heterocycles. The zero-order chi connectivity index (χ0) is 12.7. The fourth-order valence-electron chi connectivity index (χ4n) is 1.65. The molecule has 3 heteroatoms. The highest BCUT2D eigenvalue weighted by Crippen LogP contribution is 2.35. The molecule has 0 N–H and O–H groups in total. The lowest BCUT2D eigenvalue weighted by atomic mass is 9.87. The molecule has 0 amide bonds. The summed E-state index contributed by atoms with van der Waals surface area (Å²) in [6.45, 7) is 4.51. The van der Waals surface area contributed by atoms with Crippen LogP contribution in [0.1, 0.15) is 26.7 Å². The quantitative estimate of drug-likeness (QED) is 0.576. The van der Waals surface area contributed by atoms with Crippen molar-refractivity contribution < 1.29 is 4.74 Å². The van der Waals surface area contributed by atoms with Crippen molar-refractivity contribution in [3.63, 3.8) is 0 Å². The Labute approximate surface area is 115 Å². The smallest absolute Gasteiger partial charge is 0.119 e. The van der Waals surface area contributed by atoms with Gasteiger partial charge in [-0.2, -0.15) is 12.6 Å². The number of thioether (sulfide) groups is 1. The van der Waals surface area contributed by atoms with E-state index in [0.29, 0.717) is 5.41 Å². The lowest BCUT2D eigenvalue weighted by Crippen LogP contribution is -2.24. The van der Waals surface area contributed by atoms with Crippen LogP contribution in [0.15, 0.2) is 29.2 Å². The average Bonchev–Trinajstić information content (AvgIpc) is 2.41. The van der Waals surface area contributed by atoms with Crippen LogP contribution in [0.5, 0.6) is 5.75 Å². The zero-order valence-corrected chi connectivity index (χ0v) is 12.6. The molecule has 17 heavy (non-hydrogen) atoms. The summed E-state index contributed by atoms with van der Waals surface area (Å²) >= 11 is 6.41. The van der Waals surface area contributed by atoms with Crippen LogP contribution in [0.3, 0.4) is 0 Å². The van der Waals surface area contributed by atoms with Crippen molar-refractivity contribution in [2.45, 2.75) is 31.6 Å². The van der Waals surface area contributed by atoms with Crippen LogP contribution in [-0.2, 0) is 0 Å². The number of ether oxygens (including phenoxy) is 1. The van der Waals surface area contributed by atoms with Crippen LogP contribution in [0.2, 0.25) is 0 Å². The highest BCUT2D eigenvalue weighted by atomic mass is 32.2. The summed E-state index contributed by atoms with van der Waals surface area (Å²) in [5, 5.41) is 0. The predicted octanol–water partition coefficient (Wildman–Crippen LogP) is 4.52. The Morgan fingerprint density at radius 3 is 2.53 bits per heavy atom. The number of thiol groups is 1. The van der Waals surface area contributed by atoms with Gasteiger partial charge in [-0.1, -0.05) is 19.9 Å². The van der Waals surface area contributed by atoms with Crippen molar-refractivity contribution in [1.29, 1.82) is 0 Å². The van der Waals surface area contributed by atoms with Gasteiger partial charge in [0.25, 0.3) is 0 Å². The summed E-state index contributed by atoms with van der Waals surface area (Å²) < 4.78 is 5.24. The molecule has 1 aromatic rings. The second-order valence-corrected chi connectivity index (χ2v) is 5.70. The molecular weight excluding hydrogens is 248 g/mol. The van der Waals surface area contributed by atoms with Gasteiger partial charge in [0.05, 0.1) is 7.11 Å². The molecule has 0 heterocycles. The van der Waals surface area contributed by atoms with E-state index in [1.807, 2.05) is 23.9 Å². The summed E-state index contributed by atoms with van der Waals surface area (Å²) in [5.41, 5.74) is 0.358. The highest BCUT2D eigenvalue weighted by Gasteiger charge is 2.24. The molecule has 0 atom stereocenters. The van der Waals surface area contributed by atoms with Crippen molar-refractivity contribution in [3.8, 4) is 5.75 Å². The third-order valence-corrected chi connectivity index (χ3v) is 5.44. The molecule has 0 aliphatic heterocycles. The van der Waals surface area contributed by atoms with Crippen LogP contribution >= 0.6 is 24.4 Å². The van der Waals surface area contributed by atoms with Gasteiger partial charge in [-0.3, -0.25) is 0 Å². The number of methoxy groups -OCH3 is 1. The van der Waals surface area contributed by atoms with Crippen LogP contribution in [0, 0.1) is 5.41 Å². The molecule has 1 nitrogen and oxygen atoms in total. The minimum absolute atomic E-state index is 0.358. The van der Waals surface area contributed by atoms with Gasteiger partial charge >= 0.3 is 0 Å². The molecule has 96 valence electrons. The van der Waals surface area contributed by atoms with E-state index < -0.39 is 0 Å². The first-order chi connectivity index (χ1) is 8.19. The minimum Gasteiger partial charge on any atom is -0.497 e. The van der Waals surface area contributed by atoms with E-state index in [1.165, 1.54) is 17.7 Å². The van der Waals surface area contributed by atoms with Crippen LogP contribution in [0.25, 0.3) is 0 Å². The van der Waals surface area contributed by atoms with Gasteiger partial charge in [0, 0.05) is 10.6 Å². The number of rotatable bonds is 7. The number of hydrogen-bond donors (Lipinski definition) is 1. The average molecular weight is 270 g/mol. The topological polar surface area (TPSA) is 9.23 Å². The lowest BCUT2D eigenvalue weighted by Gasteiger charge is -2.29. The normalized spacial score (nSPS) is 11.5. The van der Waals surface area contributed by atoms with Gasteiger partial charge in [-0.05, 0) is 42.2 Å². The first-order valence-corrected chi connectivity index (χ1v) is 7.69. The monoisotopic (exact) mass is 270 g/mol. The fraction of sp³-hybridized carbons (Fsp3) is 0.571. The van der Waals surface area contributed by atoms with Crippen LogP contribution in [0.4, 0.5) is 0 Å². The molecule has 1 rings (SSSR count). The van der Waals surface area contributed by atoms with Gasteiger partial charge in [0.1, 0.15) is 5.75 Å². The maximum Gasteiger partial charge on any atom is 0.119 e. The Balaban J connectivity index is 2.65. The van der Waals surface area contributed by atoms with Crippen LogP contribution in [-0.4, -0.2) is 18.6 Å². The molecule has 0 aromatic heterocycles. The SMILES string of the molecule is CCC(CC)(CS)CSc1cccc(OC)c1. The van der Waals surface area contributed by atoms with E-state index in [9.17, 15) is 0 Å². The van der Waals surface area contributed by atoms with Crippen molar-refractivity contribution >= 4 is 24.4 Å². The molecule has 0 bridgehead atoms. The third kappa shape index (κ3) is 4.14. The maximum absolute atomic E-state index is 5.24. The van der Waals surface area contributed by atoms with E-state index >= 15 is 0 Å². The van der Waals surface area contributed by atoms with Crippen LogP contribution < -0.4 is 4.74 Å². The summed E-state index contributed by atoms with van der Waals surface area (Å²) in [6, 6.07) is 8.26. The van der Waals surface area contributed by atoms with E-state index in [-0.39, 0.29) is 0 Å². The first-order valence-electron chi connectivity index (χ1n) is 6.07. The summed E-state index contributed by atoms with van der Waals surface area (Å²) in [7, 11) is 1.71. The van der Waals surface area contributed by atoms with Crippen molar-refractivity contribution in [1.82, 2.24) is 0 Å². The summed E-state index contributed by atoms with van der Waals surface area (Å²) in [5.74, 6) is 3.01. The predicted molar refractivity (Wildman–Crippen MR) is 80.6 cm³/mol. The molecular formula is C14H22OS2. The summed E-state index contributed by atoms with van der Waals surface area (Å²) in [6.07, 6.45) is 2.37. The van der Waals surface area contributed by atoms with Crippen molar-refractivity contribution in [2.24, 2.45) is 5.41 Å². The van der Waals surface area contributed by atoms with Crippen molar-refractivity contribution in [3.05, 3.63) is 24.3 Å². The van der Waals surface area contributed by atoms with E-state index in [2.05, 4.69) is 38.6 Å². The van der Waals surface area contributed by atoms with E-state index in [0.717, 1.165) is 17.3 Å². The molecule has 0 aliphatic carbocycles. The number of benzene rings is 1. The zero-order valence-electron chi connectivity index (χ0n) is 10.9. The fourth-order valence-corrected chi connectivity index (χ4v) is 3.72. The Morgan fingerprint density at radius 2 is 2.00 bits per heavy atom. The molecule has 0 saturated carbocycles. The van der Waals surface area contributed by atoms with Gasteiger partial charge in [0.2, 0.25) is 0 Å². The maximum atomic E-state index is 5.24. The Hall–Kier alpha value is -0.280.